The van der Waals surface area contributed by atoms with E-state index in [0.717, 1.165) is 31.6 Å². The standard InChI is InChI=1S/C24H30Br2N6O3S2/c1-4-35-10-9-18(30-32-24(37)28-14-17-6-8-22(34-3)20(26)12-17)15-29-31-23(36)27-13-16-5-7-21(33-2)19(25)11-16/h5-8,11-12,15H,4,9-10,13-14H2,1-3H3,(H2,27,31,36)(H2,28,32,37)/b29-15-,30-18+. The Labute approximate surface area is 245 Å². The first-order valence-corrected chi connectivity index (χ1v) is 13.7. The van der Waals surface area contributed by atoms with Crippen molar-refractivity contribution in [3.8, 4) is 11.5 Å². The lowest BCUT2D eigenvalue weighted by molar-refractivity contribution is 0.155. The van der Waals surface area contributed by atoms with Crippen molar-refractivity contribution in [2.75, 3.05) is 27.4 Å². The van der Waals surface area contributed by atoms with Gasteiger partial charge in [-0.1, -0.05) is 12.1 Å². The maximum Gasteiger partial charge on any atom is 0.187 e. The summed E-state index contributed by atoms with van der Waals surface area (Å²) in [6.45, 7) is 4.11. The second kappa shape index (κ2) is 17.2. The molecule has 0 aliphatic heterocycles. The summed E-state index contributed by atoms with van der Waals surface area (Å²) in [6.07, 6.45) is 2.12. The number of hydrogen-bond acceptors (Lipinski definition) is 7. The van der Waals surface area contributed by atoms with Gasteiger partial charge < -0.3 is 24.8 Å². The quantitative estimate of drug-likeness (QED) is 0.105. The average Bonchev–Trinajstić information content (AvgIpc) is 2.89. The minimum atomic E-state index is 0.378. The third kappa shape index (κ3) is 11.7. The van der Waals surface area contributed by atoms with Crippen LogP contribution in [0.4, 0.5) is 0 Å². The second-order valence-electron chi connectivity index (χ2n) is 7.34. The highest BCUT2D eigenvalue weighted by Gasteiger charge is 2.04. The molecule has 0 radical (unpaired) electrons. The highest BCUT2D eigenvalue weighted by Crippen LogP contribution is 2.26. The van der Waals surface area contributed by atoms with Gasteiger partial charge in [0.05, 0.1) is 41.7 Å². The molecule has 0 atom stereocenters. The Hall–Kier alpha value is -2.32. The summed E-state index contributed by atoms with van der Waals surface area (Å²) in [5, 5.41) is 15.5. The van der Waals surface area contributed by atoms with Crippen molar-refractivity contribution in [2.24, 2.45) is 10.2 Å². The van der Waals surface area contributed by atoms with Gasteiger partial charge in [-0.2, -0.15) is 10.2 Å². The van der Waals surface area contributed by atoms with Gasteiger partial charge in [0, 0.05) is 26.1 Å². The van der Waals surface area contributed by atoms with Crippen molar-refractivity contribution in [1.82, 2.24) is 21.5 Å². The molecular formula is C24H30Br2N6O3S2. The number of rotatable bonds is 13. The molecule has 0 heterocycles. The van der Waals surface area contributed by atoms with Crippen molar-refractivity contribution in [3.63, 3.8) is 0 Å². The van der Waals surface area contributed by atoms with Crippen LogP contribution in [0, 0.1) is 0 Å². The van der Waals surface area contributed by atoms with Gasteiger partial charge in [-0.25, -0.2) is 0 Å². The number of hydrogen-bond donors (Lipinski definition) is 4. The summed E-state index contributed by atoms with van der Waals surface area (Å²) in [5.41, 5.74) is 8.36. The fourth-order valence-electron chi connectivity index (χ4n) is 2.84. The Morgan fingerprint density at radius 3 is 1.92 bits per heavy atom. The normalized spacial score (nSPS) is 11.2. The Kier molecular flexibility index (Phi) is 14.4. The highest BCUT2D eigenvalue weighted by atomic mass is 79.9. The highest BCUT2D eigenvalue weighted by molar-refractivity contribution is 9.10. The molecule has 4 N–H and O–H groups in total. The monoisotopic (exact) mass is 672 g/mol. The van der Waals surface area contributed by atoms with E-state index < -0.39 is 0 Å². The summed E-state index contributed by atoms with van der Waals surface area (Å²) in [6, 6.07) is 11.6. The fourth-order valence-corrected chi connectivity index (χ4v) is 4.26. The van der Waals surface area contributed by atoms with Crippen molar-refractivity contribution in [1.29, 1.82) is 0 Å². The molecular weight excluding hydrogens is 644 g/mol. The van der Waals surface area contributed by atoms with E-state index in [1.165, 1.54) is 0 Å². The first kappa shape index (κ1) is 30.9. The lowest BCUT2D eigenvalue weighted by Gasteiger charge is -2.10. The zero-order valence-electron chi connectivity index (χ0n) is 20.8. The number of benzene rings is 2. The maximum absolute atomic E-state index is 5.44. The summed E-state index contributed by atoms with van der Waals surface area (Å²) in [4.78, 5) is 0. The molecule has 0 spiro atoms. The first-order valence-electron chi connectivity index (χ1n) is 11.3. The molecule has 2 aromatic rings. The van der Waals surface area contributed by atoms with E-state index in [4.69, 9.17) is 38.6 Å². The minimum Gasteiger partial charge on any atom is -0.496 e. The third-order valence-electron chi connectivity index (χ3n) is 4.73. The molecule has 0 saturated carbocycles. The number of nitrogens with zero attached hydrogens (tertiary/aromatic N) is 2. The van der Waals surface area contributed by atoms with Crippen LogP contribution >= 0.6 is 56.3 Å². The van der Waals surface area contributed by atoms with E-state index >= 15 is 0 Å². The van der Waals surface area contributed by atoms with Crippen LogP contribution in [0.2, 0.25) is 0 Å². The number of nitrogens with one attached hydrogen (secondary N) is 4. The van der Waals surface area contributed by atoms with Gasteiger partial charge in [0.2, 0.25) is 0 Å². The summed E-state index contributed by atoms with van der Waals surface area (Å²) < 4.78 is 17.7. The minimum absolute atomic E-state index is 0.378. The van der Waals surface area contributed by atoms with E-state index in [2.05, 4.69) is 63.5 Å². The number of methoxy groups -OCH3 is 2. The molecule has 13 heteroatoms. The molecule has 0 aromatic heterocycles. The Morgan fingerprint density at radius 2 is 1.43 bits per heavy atom. The zero-order valence-corrected chi connectivity index (χ0v) is 25.6. The van der Waals surface area contributed by atoms with Crippen LogP contribution in [0.3, 0.4) is 0 Å². The van der Waals surface area contributed by atoms with Gasteiger partial charge in [-0.3, -0.25) is 10.9 Å². The molecule has 0 aliphatic rings. The van der Waals surface area contributed by atoms with Crippen molar-refractivity contribution < 1.29 is 14.2 Å². The third-order valence-corrected chi connectivity index (χ3v) is 6.44. The number of thiocarbonyl (C=S) groups is 2. The molecule has 0 bridgehead atoms. The van der Waals surface area contributed by atoms with Crippen LogP contribution in [0.15, 0.2) is 55.5 Å². The van der Waals surface area contributed by atoms with Crippen molar-refractivity contribution in [2.45, 2.75) is 26.4 Å². The van der Waals surface area contributed by atoms with Crippen LogP contribution in [-0.4, -0.2) is 49.6 Å². The van der Waals surface area contributed by atoms with Gasteiger partial charge >= 0.3 is 0 Å². The van der Waals surface area contributed by atoms with Gasteiger partial charge in [-0.05, 0) is 98.6 Å². The van der Waals surface area contributed by atoms with E-state index in [0.29, 0.717) is 48.7 Å². The summed E-state index contributed by atoms with van der Waals surface area (Å²) in [7, 11) is 3.26. The molecule has 0 unspecified atom stereocenters. The smallest absolute Gasteiger partial charge is 0.187 e. The zero-order chi connectivity index (χ0) is 27.0. The molecule has 0 aliphatic carbocycles. The molecule has 0 saturated heterocycles. The van der Waals surface area contributed by atoms with E-state index in [1.807, 2.05) is 43.3 Å². The number of ether oxygens (including phenoxy) is 3. The van der Waals surface area contributed by atoms with Crippen LogP contribution in [-0.2, 0) is 17.8 Å². The molecule has 37 heavy (non-hydrogen) atoms. The van der Waals surface area contributed by atoms with E-state index in [-0.39, 0.29) is 0 Å². The predicted octanol–water partition coefficient (Wildman–Crippen LogP) is 4.63. The lowest BCUT2D eigenvalue weighted by Crippen LogP contribution is -2.33. The number of halogens is 2. The molecule has 0 amide bonds. The Balaban J connectivity index is 1.85. The summed E-state index contributed by atoms with van der Waals surface area (Å²) >= 11 is 17.6. The van der Waals surface area contributed by atoms with E-state index in [9.17, 15) is 0 Å². The SMILES string of the molecule is CCOCCC(/C=N\NC(=S)NCc1ccc(OC)c(Br)c1)=N\NC(=S)NCc1ccc(OC)c(Br)c1. The maximum atomic E-state index is 5.44. The molecule has 0 fully saturated rings. The topological polar surface area (TPSA) is 101 Å². The molecule has 200 valence electrons. The lowest BCUT2D eigenvalue weighted by atomic mass is 10.2. The van der Waals surface area contributed by atoms with Gasteiger partial charge in [0.1, 0.15) is 11.5 Å². The van der Waals surface area contributed by atoms with Crippen LogP contribution in [0.5, 0.6) is 11.5 Å². The fraction of sp³-hybridized carbons (Fsp3) is 0.333. The van der Waals surface area contributed by atoms with E-state index in [1.54, 1.807) is 20.4 Å². The largest absolute Gasteiger partial charge is 0.496 e. The Morgan fingerprint density at radius 1 is 0.892 bits per heavy atom. The van der Waals surface area contributed by atoms with Gasteiger partial charge in [0.15, 0.2) is 10.2 Å². The summed E-state index contributed by atoms with van der Waals surface area (Å²) in [5.74, 6) is 1.54. The average molecular weight is 674 g/mol. The van der Waals surface area contributed by atoms with Gasteiger partial charge in [0.25, 0.3) is 0 Å². The molecule has 2 aromatic carbocycles. The molecule has 9 nitrogen and oxygen atoms in total. The van der Waals surface area contributed by atoms with Crippen LogP contribution in [0.1, 0.15) is 24.5 Å². The van der Waals surface area contributed by atoms with Crippen LogP contribution in [0.25, 0.3) is 0 Å². The van der Waals surface area contributed by atoms with Crippen LogP contribution < -0.4 is 31.0 Å². The molecule has 2 rings (SSSR count). The van der Waals surface area contributed by atoms with Crippen molar-refractivity contribution in [3.05, 3.63) is 56.5 Å². The second-order valence-corrected chi connectivity index (χ2v) is 9.86. The van der Waals surface area contributed by atoms with Crippen molar-refractivity contribution >= 4 is 78.4 Å². The Bertz CT molecular complexity index is 1120. The van der Waals surface area contributed by atoms with Gasteiger partial charge in [-0.15, -0.1) is 0 Å². The number of hydrazone groups is 2. The predicted molar refractivity (Wildman–Crippen MR) is 164 cm³/mol. The first-order chi connectivity index (χ1) is 17.9.